The molecule has 4 fully saturated rings. The number of aromatic nitrogens is 9. The van der Waals surface area contributed by atoms with Crippen LogP contribution in [-0.4, -0.2) is 85.2 Å². The first-order valence-corrected chi connectivity index (χ1v) is 26.4. The molecule has 7 heterocycles. The molecular weight excluding hydrogens is 959 g/mol. The van der Waals surface area contributed by atoms with Gasteiger partial charge in [0.2, 0.25) is 0 Å². The normalized spacial score (nSPS) is 22.5. The highest BCUT2D eigenvalue weighted by molar-refractivity contribution is 6.00. The number of rotatable bonds is 8. The number of likely N-dealkylation sites (tertiary alicyclic amines) is 1. The molecule has 2 aliphatic heterocycles. The van der Waals surface area contributed by atoms with E-state index in [9.17, 15) is 9.59 Å². The molecule has 8 aromatic rings. The molecule has 0 radical (unpaired) electrons. The summed E-state index contributed by atoms with van der Waals surface area (Å²) in [6, 6.07) is 14.7. The van der Waals surface area contributed by atoms with Gasteiger partial charge in [-0.3, -0.25) is 28.1 Å². The number of halogens is 2. The second-order valence-corrected chi connectivity index (χ2v) is 22.6. The van der Waals surface area contributed by atoms with E-state index in [4.69, 9.17) is 19.1 Å². The molecule has 18 heteroatoms. The summed E-state index contributed by atoms with van der Waals surface area (Å²) in [4.78, 5) is 47.6. The summed E-state index contributed by atoms with van der Waals surface area (Å²) in [5.41, 5.74) is 4.40. The zero-order valence-corrected chi connectivity index (χ0v) is 44.6. The Balaban J connectivity index is 0.000000706. The van der Waals surface area contributed by atoms with Crippen LogP contribution in [0.25, 0.3) is 39.0 Å². The molecule has 5 unspecified atom stereocenters. The maximum absolute atomic E-state index is 16.4. The van der Waals surface area contributed by atoms with E-state index in [1.54, 1.807) is 56.1 Å². The molecule has 13 rings (SSSR count). The fraction of sp³-hybridized carbons (Fsp3) is 0.474. The number of aryl methyl sites for hydroxylation is 2. The van der Waals surface area contributed by atoms with Crippen molar-refractivity contribution in [3.8, 4) is 17.2 Å². The van der Waals surface area contributed by atoms with Gasteiger partial charge in [-0.2, -0.15) is 10.2 Å². The number of ether oxygens (including phenoxy) is 2. The van der Waals surface area contributed by atoms with E-state index in [-0.39, 0.29) is 52.5 Å². The third-order valence-electron chi connectivity index (χ3n) is 16.1. The summed E-state index contributed by atoms with van der Waals surface area (Å²) in [7, 11) is 1.71. The van der Waals surface area contributed by atoms with Gasteiger partial charge in [0, 0.05) is 55.0 Å². The Labute approximate surface area is 433 Å². The molecule has 1 N–H and O–H groups in total. The van der Waals surface area contributed by atoms with E-state index in [2.05, 4.69) is 58.8 Å². The third kappa shape index (κ3) is 8.29. The average Bonchev–Trinajstić information content (AvgIpc) is 3.90. The lowest BCUT2D eigenvalue weighted by Crippen LogP contribution is -2.58. The van der Waals surface area contributed by atoms with Crippen LogP contribution in [0.4, 0.5) is 8.78 Å². The molecule has 0 spiro atoms. The molecule has 2 saturated heterocycles. The van der Waals surface area contributed by atoms with Crippen LogP contribution in [0.3, 0.4) is 0 Å². The molecule has 75 heavy (non-hydrogen) atoms. The van der Waals surface area contributed by atoms with Gasteiger partial charge >= 0.3 is 11.4 Å². The average molecular weight is 1030 g/mol. The number of carbonyl (C=O) groups is 1. The van der Waals surface area contributed by atoms with Crippen molar-refractivity contribution in [2.75, 3.05) is 13.7 Å². The van der Waals surface area contributed by atoms with Crippen molar-refractivity contribution in [1.82, 2.24) is 48.3 Å². The fourth-order valence-corrected chi connectivity index (χ4v) is 11.9. The Hall–Kier alpha value is -6.92. The third-order valence-corrected chi connectivity index (χ3v) is 16.1. The van der Waals surface area contributed by atoms with Crippen LogP contribution >= 0.6 is 0 Å². The van der Waals surface area contributed by atoms with Crippen LogP contribution in [0.5, 0.6) is 0 Å². The van der Waals surface area contributed by atoms with Gasteiger partial charge in [0.15, 0.2) is 11.6 Å². The van der Waals surface area contributed by atoms with Crippen LogP contribution in [0.1, 0.15) is 156 Å². The number of benzene rings is 3. The lowest BCUT2D eigenvalue weighted by Gasteiger charge is -2.52. The Bertz CT molecular complexity index is 3650. The van der Waals surface area contributed by atoms with Gasteiger partial charge in [0.25, 0.3) is 5.91 Å². The van der Waals surface area contributed by atoms with E-state index < -0.39 is 28.8 Å². The minimum absolute atomic E-state index is 0.0113. The molecule has 5 aromatic heterocycles. The number of hydrogen-bond acceptors (Lipinski definition) is 9. The van der Waals surface area contributed by atoms with Gasteiger partial charge in [-0.1, -0.05) is 32.0 Å². The highest BCUT2D eigenvalue weighted by atomic mass is 19.1. The summed E-state index contributed by atoms with van der Waals surface area (Å²) < 4.78 is 56.0. The predicted molar refractivity (Wildman–Crippen MR) is 280 cm³/mol. The number of imidazole rings is 1. The predicted octanol–water partition coefficient (Wildman–Crippen LogP) is 10.4. The van der Waals surface area contributed by atoms with E-state index in [0.717, 1.165) is 42.3 Å². The highest BCUT2D eigenvalue weighted by Crippen LogP contribution is 2.57. The number of methoxy groups -OCH3 is 1. The van der Waals surface area contributed by atoms with Crippen molar-refractivity contribution in [2.45, 2.75) is 155 Å². The summed E-state index contributed by atoms with van der Waals surface area (Å²) in [6.45, 7) is 20.4. The van der Waals surface area contributed by atoms with Crippen LogP contribution in [0.2, 0.25) is 0 Å². The van der Waals surface area contributed by atoms with E-state index >= 15 is 13.6 Å². The van der Waals surface area contributed by atoms with Crippen LogP contribution in [0, 0.1) is 31.4 Å². The molecule has 5 atom stereocenters. The molecule has 5 aliphatic rings. The number of hydrogen-bond donors (Lipinski definition) is 1. The van der Waals surface area contributed by atoms with Crippen LogP contribution in [-0.2, 0) is 21.4 Å². The maximum Gasteiger partial charge on any atom is 0.438 e. The minimum Gasteiger partial charge on any atom is -0.379 e. The second-order valence-electron chi connectivity index (χ2n) is 22.6. The highest BCUT2D eigenvalue weighted by Gasteiger charge is 2.60. The van der Waals surface area contributed by atoms with E-state index in [0.29, 0.717) is 76.5 Å². The number of aromatic amines is 1. The molecular formula is C57H66F2N10O6. The van der Waals surface area contributed by atoms with Crippen molar-refractivity contribution >= 4 is 27.7 Å². The summed E-state index contributed by atoms with van der Waals surface area (Å²) in [6.07, 6.45) is 10.0. The standard InChI is InChI=1S/C50H48F2N10O5.C5H12O.C2H6/c1-25-16-33(17-26(2)42(25)51)62-44(58-14-13-57(48(58)65)38-11-10-37-34(43(38)52)24-53-61(37)31-7-8-31)41-35(55-62)20-32-21-39(41)59(32)45(63)40-19-30-18-28(29-12-15-66-49(4,5)23-29)6-9-36(30)60(40)50(22-27(50)3)46-54-47(64)67-56-46;1-5(2,3)6-4;1-2/h6,9-11,13-14,16-19,24,27,29,31-32,39H,7-8,12,15,20-23H2,1-5H3,(H,54,56,64);1-4H3;1-2H3. The number of H-pyrrole nitrogens is 1. The monoisotopic (exact) mass is 1020 g/mol. The van der Waals surface area contributed by atoms with Crippen LogP contribution in [0.15, 0.2) is 81.2 Å². The number of nitrogens with zero attached hydrogens (tertiary/aromatic N) is 9. The molecule has 3 aromatic carbocycles. The maximum atomic E-state index is 16.4. The van der Waals surface area contributed by atoms with Gasteiger partial charge in [-0.05, 0) is 158 Å². The lowest BCUT2D eigenvalue weighted by atomic mass is 9.77. The molecule has 1 amide bonds. The topological polar surface area (TPSA) is 165 Å². The van der Waals surface area contributed by atoms with Crippen molar-refractivity contribution in [3.63, 3.8) is 0 Å². The largest absolute Gasteiger partial charge is 0.438 e. The van der Waals surface area contributed by atoms with Gasteiger partial charge in [-0.15, -0.1) is 0 Å². The van der Waals surface area contributed by atoms with Gasteiger partial charge in [0.05, 0.1) is 57.5 Å². The Morgan fingerprint density at radius 3 is 2.24 bits per heavy atom. The summed E-state index contributed by atoms with van der Waals surface area (Å²) in [5.74, 6) is -0.723. The van der Waals surface area contributed by atoms with Crippen molar-refractivity contribution in [2.24, 2.45) is 5.92 Å². The molecule has 2 saturated carbocycles. The van der Waals surface area contributed by atoms with Gasteiger partial charge < -0.3 is 18.9 Å². The first kappa shape index (κ1) is 50.2. The van der Waals surface area contributed by atoms with Gasteiger partial charge in [0.1, 0.15) is 22.9 Å². The summed E-state index contributed by atoms with van der Waals surface area (Å²) in [5, 5.41) is 15.0. The Kier molecular flexibility index (Phi) is 12.2. The molecule has 16 nitrogen and oxygen atoms in total. The smallest absolute Gasteiger partial charge is 0.379 e. The quantitative estimate of drug-likeness (QED) is 0.156. The lowest BCUT2D eigenvalue weighted by molar-refractivity contribution is -0.0592. The first-order valence-electron chi connectivity index (χ1n) is 26.4. The molecule has 3 aliphatic carbocycles. The van der Waals surface area contributed by atoms with Gasteiger partial charge in [-0.25, -0.2) is 23.1 Å². The van der Waals surface area contributed by atoms with Crippen molar-refractivity contribution < 1.29 is 27.6 Å². The summed E-state index contributed by atoms with van der Waals surface area (Å²) >= 11 is 0. The number of nitrogens with one attached hydrogen (secondary N) is 1. The zero-order chi connectivity index (χ0) is 53.2. The van der Waals surface area contributed by atoms with Crippen LogP contribution < -0.4 is 11.4 Å². The number of amides is 1. The Morgan fingerprint density at radius 1 is 0.907 bits per heavy atom. The fourth-order valence-electron chi connectivity index (χ4n) is 11.9. The second kappa shape index (κ2) is 18.1. The number of fused-ring (bicyclic) bond motifs is 6. The minimum atomic E-state index is -0.842. The molecule has 394 valence electrons. The Morgan fingerprint density at radius 2 is 1.60 bits per heavy atom. The SMILES string of the molecule is CC.COC(C)(C)C.Cc1cc(-n2nc3c(c2-n2ccn(-c4ccc5c(cnn5C5CC5)c4F)c2=O)C2CC(C3)N2C(=O)c2cc3cc(C4CCOC(C)(C)C4)ccc3n2C2(c3noc(=O)[nH]3)CC2C)cc(C)c1F. The molecule has 2 bridgehead atoms. The first-order chi connectivity index (χ1) is 35.8. The van der Waals surface area contributed by atoms with Crippen molar-refractivity contribution in [3.05, 3.63) is 139 Å². The van der Waals surface area contributed by atoms with E-state index in [1.807, 2.05) is 50.3 Å². The number of carbonyl (C=O) groups excluding carboxylic acids is 1. The van der Waals surface area contributed by atoms with Crippen molar-refractivity contribution in [1.29, 1.82) is 0 Å². The van der Waals surface area contributed by atoms with E-state index in [1.165, 1.54) is 27.1 Å². The zero-order valence-electron chi connectivity index (χ0n) is 44.6.